The second-order valence-electron chi connectivity index (χ2n) is 30.7. The van der Waals surface area contributed by atoms with Gasteiger partial charge < -0.3 is 9.80 Å². The minimum absolute atomic E-state index is 0.0544. The van der Waals surface area contributed by atoms with Crippen LogP contribution in [-0.4, -0.2) is 0 Å². The van der Waals surface area contributed by atoms with E-state index in [1.165, 1.54) is 163 Å². The Kier molecular flexibility index (Phi) is 17.0. The highest BCUT2D eigenvalue weighted by Crippen LogP contribution is 2.54. The molecule has 19 aromatic rings. The molecule has 0 aliphatic heterocycles. The molecule has 0 radical (unpaired) electrons. The van der Waals surface area contributed by atoms with Crippen LogP contribution in [0.1, 0.15) is 49.9 Å². The molecular weight excluding hydrogens is 1390 g/mol. The quantitative estimate of drug-likeness (QED) is 0.114. The zero-order valence-electron chi connectivity index (χ0n) is 62.8. The van der Waals surface area contributed by atoms with Crippen molar-refractivity contribution in [2.24, 2.45) is 0 Å². The highest BCUT2D eigenvalue weighted by molar-refractivity contribution is 7.26. The monoisotopic (exact) mass is 1470 g/mol. The van der Waals surface area contributed by atoms with Gasteiger partial charge in [0, 0.05) is 96.3 Å². The van der Waals surface area contributed by atoms with Gasteiger partial charge in [0.1, 0.15) is 0 Å². The van der Waals surface area contributed by atoms with Crippen LogP contribution in [0.15, 0.2) is 400 Å². The fraction of sp³-hybridized carbons (Fsp3) is 0.0556. The van der Waals surface area contributed by atoms with Gasteiger partial charge in [0.15, 0.2) is 0 Å². The Hall–Kier alpha value is -13.2. The first-order valence-electron chi connectivity index (χ1n) is 38.8. The number of fused-ring (bicyclic) bond motifs is 12. The lowest BCUT2D eigenvalue weighted by Crippen LogP contribution is -2.14. The first kappa shape index (κ1) is 68.1. The minimum Gasteiger partial charge on any atom is -0.311 e. The molecule has 0 bridgehead atoms. The van der Waals surface area contributed by atoms with Crippen molar-refractivity contribution in [1.82, 2.24) is 0 Å². The van der Waals surface area contributed by atoms with Crippen molar-refractivity contribution in [2.75, 3.05) is 9.80 Å². The van der Waals surface area contributed by atoms with Crippen LogP contribution in [0.2, 0.25) is 0 Å². The summed E-state index contributed by atoms with van der Waals surface area (Å²) in [6.07, 6.45) is 0. The molecule has 4 heteroatoms. The lowest BCUT2D eigenvalue weighted by Gasteiger charge is -2.28. The number of anilines is 6. The molecule has 0 saturated carbocycles. The van der Waals surface area contributed by atoms with Crippen LogP contribution < -0.4 is 9.80 Å². The summed E-state index contributed by atoms with van der Waals surface area (Å²) in [4.78, 5) is 4.73. The number of para-hydroxylation sites is 2. The zero-order valence-corrected chi connectivity index (χ0v) is 64.4. The Morgan fingerprint density at radius 2 is 0.491 bits per heavy atom. The van der Waals surface area contributed by atoms with Crippen molar-refractivity contribution in [1.29, 1.82) is 0 Å². The summed E-state index contributed by atoms with van der Waals surface area (Å²) in [6.45, 7) is 9.47. The average molecular weight is 1470 g/mol. The molecule has 2 nitrogen and oxygen atoms in total. The van der Waals surface area contributed by atoms with Gasteiger partial charge in [-0.05, 0) is 221 Å². The van der Waals surface area contributed by atoms with Gasteiger partial charge in [-0.15, -0.1) is 22.7 Å². The van der Waals surface area contributed by atoms with Crippen LogP contribution in [0, 0.1) is 0 Å². The predicted molar refractivity (Wildman–Crippen MR) is 481 cm³/mol. The third kappa shape index (κ3) is 12.0. The van der Waals surface area contributed by atoms with E-state index in [4.69, 9.17) is 0 Å². The van der Waals surface area contributed by atoms with Crippen molar-refractivity contribution in [3.05, 3.63) is 423 Å². The highest BCUT2D eigenvalue weighted by Gasteiger charge is 2.37. The lowest BCUT2D eigenvalue weighted by molar-refractivity contribution is 0.660. The molecule has 0 atom stereocenters. The Bertz CT molecular complexity index is 6750. The number of hydrogen-bond donors (Lipinski definition) is 0. The topological polar surface area (TPSA) is 6.48 Å². The predicted octanol–water partition coefficient (Wildman–Crippen LogP) is 31.3. The molecule has 0 unspecified atom stereocenters. The first-order chi connectivity index (χ1) is 55.0. The summed E-state index contributed by atoms with van der Waals surface area (Å²) < 4.78 is 5.31. The number of benzene rings is 17. The summed E-state index contributed by atoms with van der Waals surface area (Å²) in [5, 5.41) is 5.25. The smallest absolute Gasteiger partial charge is 0.0540 e. The fourth-order valence-corrected chi connectivity index (χ4v) is 20.1. The maximum atomic E-state index is 2.46. The summed E-state index contributed by atoms with van der Waals surface area (Å²) in [6, 6.07) is 147. The lowest BCUT2D eigenvalue weighted by atomic mass is 9.81. The summed E-state index contributed by atoms with van der Waals surface area (Å²) in [7, 11) is 0. The Labute approximate surface area is 663 Å². The minimum atomic E-state index is -0.0679. The number of rotatable bonds is 13. The maximum Gasteiger partial charge on any atom is 0.0540 e. The Balaban J connectivity index is 0.000000147. The standard InChI is InChI=1S/C57H41NS.C51H37NS/c1-57(2)52-22-12-9-20-47(52)48-34-29-42(37-53(48)57)50-35-43(36-51-49-21-11-14-24-55(49)59-56(50)51)40-27-32-45(33-28-40)58(44-30-25-39(26-31-44)38-15-5-3-6-16-38)54-23-13-10-19-46(54)41-17-7-4-8-18-41;1-51(2)47-19-11-9-17-42(47)43-30-25-37(33-48(43)51)45-31-38(32-46-44-18-10-12-20-49(44)53-50(45)46)36-23-28-41(29-24-36)52(39-15-7-4-8-16-39)40-26-21-35(22-27-40)34-13-5-3-6-14-34/h3-37H,1-2H3;3-33H,1-2H3. The van der Waals surface area contributed by atoms with Crippen LogP contribution in [0.25, 0.3) is 140 Å². The van der Waals surface area contributed by atoms with Crippen molar-refractivity contribution in [3.8, 4) is 100 Å². The average Bonchev–Trinajstić information content (AvgIpc) is 1.58. The van der Waals surface area contributed by atoms with Gasteiger partial charge in [-0.1, -0.05) is 313 Å². The highest BCUT2D eigenvalue weighted by atomic mass is 32.1. The molecule has 0 spiro atoms. The van der Waals surface area contributed by atoms with Crippen molar-refractivity contribution in [3.63, 3.8) is 0 Å². The second-order valence-corrected chi connectivity index (χ2v) is 32.8. The van der Waals surface area contributed by atoms with Gasteiger partial charge >= 0.3 is 0 Å². The summed E-state index contributed by atoms with van der Waals surface area (Å²) in [5.41, 5.74) is 34.8. The van der Waals surface area contributed by atoms with E-state index >= 15 is 0 Å². The molecule has 17 aromatic carbocycles. The molecule has 0 saturated heterocycles. The molecule has 21 rings (SSSR count). The summed E-state index contributed by atoms with van der Waals surface area (Å²) in [5.74, 6) is 0. The molecular formula is C108H78N2S2. The molecule has 2 aromatic heterocycles. The van der Waals surface area contributed by atoms with Gasteiger partial charge in [-0.25, -0.2) is 0 Å². The summed E-state index contributed by atoms with van der Waals surface area (Å²) >= 11 is 3.80. The molecule has 532 valence electrons. The number of hydrogen-bond acceptors (Lipinski definition) is 4. The van der Waals surface area contributed by atoms with Crippen molar-refractivity contribution < 1.29 is 0 Å². The van der Waals surface area contributed by atoms with Crippen LogP contribution in [0.4, 0.5) is 34.1 Å². The van der Waals surface area contributed by atoms with E-state index in [1.54, 1.807) is 0 Å². The zero-order chi connectivity index (χ0) is 75.0. The molecule has 2 aliphatic carbocycles. The van der Waals surface area contributed by atoms with Crippen molar-refractivity contribution in [2.45, 2.75) is 38.5 Å². The fourth-order valence-electron chi connectivity index (χ4n) is 17.6. The van der Waals surface area contributed by atoms with E-state index in [0.29, 0.717) is 0 Å². The maximum absolute atomic E-state index is 2.46. The second kappa shape index (κ2) is 28.0. The van der Waals surface area contributed by atoms with Crippen LogP contribution in [0.5, 0.6) is 0 Å². The van der Waals surface area contributed by atoms with E-state index in [0.717, 1.165) is 34.1 Å². The largest absolute Gasteiger partial charge is 0.311 e. The number of thiophene rings is 2. The van der Waals surface area contributed by atoms with Crippen molar-refractivity contribution >= 4 is 97.1 Å². The van der Waals surface area contributed by atoms with Gasteiger partial charge in [-0.2, -0.15) is 0 Å². The SMILES string of the molecule is CC1(C)c2ccccc2-c2ccc(-c3cc(-c4ccc(N(c5ccc(-c6ccccc6)cc5)c5ccccc5-c5ccccc5)cc4)cc4c3sc3ccccc34)cc21.CC1(C)c2ccccc2-c2ccc(-c3cc(-c4ccc(N(c5ccccc5)c5ccc(-c6ccccc6)cc5)cc4)cc4c3sc3ccccc34)cc21. The van der Waals surface area contributed by atoms with E-state index in [2.05, 4.69) is 438 Å². The van der Waals surface area contributed by atoms with Gasteiger partial charge in [0.2, 0.25) is 0 Å². The first-order valence-corrected chi connectivity index (χ1v) is 40.4. The van der Waals surface area contributed by atoms with E-state index in [-0.39, 0.29) is 10.8 Å². The van der Waals surface area contributed by atoms with E-state index < -0.39 is 0 Å². The molecule has 2 aliphatic rings. The van der Waals surface area contributed by atoms with E-state index in [1.807, 2.05) is 22.7 Å². The van der Waals surface area contributed by atoms with Crippen LogP contribution in [-0.2, 0) is 10.8 Å². The molecule has 0 N–H and O–H groups in total. The third-order valence-corrected chi connectivity index (χ3v) is 25.8. The van der Waals surface area contributed by atoms with Crippen LogP contribution in [0.3, 0.4) is 0 Å². The molecule has 112 heavy (non-hydrogen) atoms. The number of nitrogens with zero attached hydrogens (tertiary/aromatic N) is 2. The van der Waals surface area contributed by atoms with Gasteiger partial charge in [0.05, 0.1) is 5.69 Å². The third-order valence-electron chi connectivity index (χ3n) is 23.4. The van der Waals surface area contributed by atoms with Gasteiger partial charge in [-0.3, -0.25) is 0 Å². The molecule has 2 heterocycles. The Morgan fingerprint density at radius 1 is 0.188 bits per heavy atom. The van der Waals surface area contributed by atoms with E-state index in [9.17, 15) is 0 Å². The molecule has 0 fully saturated rings. The van der Waals surface area contributed by atoms with Crippen LogP contribution >= 0.6 is 22.7 Å². The van der Waals surface area contributed by atoms with Gasteiger partial charge in [0.25, 0.3) is 0 Å². The normalized spacial score (nSPS) is 12.8. The molecule has 0 amide bonds. The Morgan fingerprint density at radius 3 is 0.920 bits per heavy atom.